The van der Waals surface area contributed by atoms with Gasteiger partial charge < -0.3 is 0 Å². The van der Waals surface area contributed by atoms with Crippen molar-refractivity contribution < 1.29 is 0 Å². The van der Waals surface area contributed by atoms with E-state index >= 15 is 0 Å². The van der Waals surface area contributed by atoms with E-state index in [0.29, 0.717) is 5.82 Å². The molecule has 4 rings (SSSR count). The molecule has 0 spiro atoms. The molecule has 3 aromatic carbocycles. The monoisotopic (exact) mass is 272 g/mol. The van der Waals surface area contributed by atoms with Crippen LogP contribution in [0.5, 0.6) is 0 Å². The summed E-state index contributed by atoms with van der Waals surface area (Å²) in [4.78, 5) is 0. The molecule has 0 saturated heterocycles. The van der Waals surface area contributed by atoms with Crippen molar-refractivity contribution in [1.29, 1.82) is 0 Å². The number of hydrogen-bond acceptors (Lipinski definition) is 3. The molecule has 0 radical (unpaired) electrons. The van der Waals surface area contributed by atoms with E-state index in [9.17, 15) is 0 Å². The molecule has 4 aromatic rings. The van der Waals surface area contributed by atoms with E-state index < -0.39 is 0 Å². The molecular weight excluding hydrogens is 260 g/mol. The number of nitrogens with one attached hydrogen (secondary N) is 1. The van der Waals surface area contributed by atoms with Gasteiger partial charge in [-0.2, -0.15) is 5.21 Å². The SMILES string of the molecule is c1ccc(-c2ccc3ccccc3c2-c2nn[nH]n2)cc1. The second-order valence-corrected chi connectivity index (χ2v) is 4.81. The van der Waals surface area contributed by atoms with Crippen molar-refractivity contribution in [2.45, 2.75) is 0 Å². The van der Waals surface area contributed by atoms with Gasteiger partial charge in [-0.3, -0.25) is 0 Å². The first-order valence-electron chi connectivity index (χ1n) is 6.74. The maximum atomic E-state index is 4.18. The topological polar surface area (TPSA) is 54.5 Å². The van der Waals surface area contributed by atoms with Crippen LogP contribution >= 0.6 is 0 Å². The summed E-state index contributed by atoms with van der Waals surface area (Å²) in [6.45, 7) is 0. The van der Waals surface area contributed by atoms with Gasteiger partial charge in [-0.05, 0) is 27.1 Å². The third kappa shape index (κ3) is 1.97. The Kier molecular flexibility index (Phi) is 2.71. The normalized spacial score (nSPS) is 10.9. The Balaban J connectivity index is 2.10. The van der Waals surface area contributed by atoms with Crippen molar-refractivity contribution in [3.05, 3.63) is 66.7 Å². The third-order valence-electron chi connectivity index (χ3n) is 3.58. The molecule has 4 heteroatoms. The predicted octanol–water partition coefficient (Wildman–Crippen LogP) is 3.69. The van der Waals surface area contributed by atoms with E-state index in [1.807, 2.05) is 30.3 Å². The van der Waals surface area contributed by atoms with Crippen LogP contribution in [0.25, 0.3) is 33.3 Å². The van der Waals surface area contributed by atoms with Gasteiger partial charge in [0, 0.05) is 5.56 Å². The highest BCUT2D eigenvalue weighted by Gasteiger charge is 2.14. The number of benzene rings is 3. The highest BCUT2D eigenvalue weighted by Crippen LogP contribution is 2.35. The van der Waals surface area contributed by atoms with Gasteiger partial charge in [0.05, 0.1) is 0 Å². The minimum absolute atomic E-state index is 0.616. The zero-order chi connectivity index (χ0) is 14.1. The Morgan fingerprint density at radius 3 is 2.38 bits per heavy atom. The smallest absolute Gasteiger partial charge is 0.177 e. The molecule has 0 amide bonds. The van der Waals surface area contributed by atoms with Crippen LogP contribution in [0.2, 0.25) is 0 Å². The summed E-state index contributed by atoms with van der Waals surface area (Å²) in [5.41, 5.74) is 3.26. The Bertz CT molecular complexity index is 883. The van der Waals surface area contributed by atoms with E-state index in [0.717, 1.165) is 27.5 Å². The molecule has 0 aliphatic rings. The average molecular weight is 272 g/mol. The number of rotatable bonds is 2. The molecule has 0 bridgehead atoms. The molecule has 1 aromatic heterocycles. The highest BCUT2D eigenvalue weighted by atomic mass is 15.5. The lowest BCUT2D eigenvalue weighted by atomic mass is 9.94. The van der Waals surface area contributed by atoms with Crippen molar-refractivity contribution in [2.24, 2.45) is 0 Å². The maximum absolute atomic E-state index is 4.18. The van der Waals surface area contributed by atoms with E-state index in [4.69, 9.17) is 0 Å². The fourth-order valence-corrected chi connectivity index (χ4v) is 2.64. The van der Waals surface area contributed by atoms with Crippen LogP contribution in [0.15, 0.2) is 66.7 Å². The number of aromatic amines is 1. The number of aromatic nitrogens is 4. The molecule has 21 heavy (non-hydrogen) atoms. The van der Waals surface area contributed by atoms with Crippen molar-refractivity contribution >= 4 is 10.8 Å². The molecule has 0 aliphatic carbocycles. The summed E-state index contributed by atoms with van der Waals surface area (Å²) in [7, 11) is 0. The summed E-state index contributed by atoms with van der Waals surface area (Å²) in [5, 5.41) is 16.9. The molecule has 0 unspecified atom stereocenters. The Morgan fingerprint density at radius 2 is 1.57 bits per heavy atom. The van der Waals surface area contributed by atoms with Crippen molar-refractivity contribution in [3.63, 3.8) is 0 Å². The molecule has 0 aliphatic heterocycles. The second-order valence-electron chi connectivity index (χ2n) is 4.81. The van der Waals surface area contributed by atoms with Crippen LogP contribution < -0.4 is 0 Å². The molecule has 4 nitrogen and oxygen atoms in total. The summed E-state index contributed by atoms with van der Waals surface area (Å²) >= 11 is 0. The lowest BCUT2D eigenvalue weighted by Gasteiger charge is -2.10. The first-order chi connectivity index (χ1) is 10.4. The molecule has 100 valence electrons. The van der Waals surface area contributed by atoms with Crippen molar-refractivity contribution in [2.75, 3.05) is 0 Å². The fourth-order valence-electron chi connectivity index (χ4n) is 2.64. The Hall–Kier alpha value is -3.01. The van der Waals surface area contributed by atoms with E-state index in [1.54, 1.807) is 0 Å². The third-order valence-corrected chi connectivity index (χ3v) is 3.58. The largest absolute Gasteiger partial charge is 0.205 e. The Labute approximate surface area is 121 Å². The summed E-state index contributed by atoms with van der Waals surface area (Å²) in [5.74, 6) is 0.616. The molecular formula is C17H12N4. The zero-order valence-corrected chi connectivity index (χ0v) is 11.2. The minimum atomic E-state index is 0.616. The lowest BCUT2D eigenvalue weighted by molar-refractivity contribution is 0.881. The number of tetrazole rings is 1. The zero-order valence-electron chi connectivity index (χ0n) is 11.2. The van der Waals surface area contributed by atoms with Crippen LogP contribution in [0.4, 0.5) is 0 Å². The van der Waals surface area contributed by atoms with Gasteiger partial charge in [-0.1, -0.05) is 66.7 Å². The van der Waals surface area contributed by atoms with Crippen LogP contribution in [-0.4, -0.2) is 20.6 Å². The summed E-state index contributed by atoms with van der Waals surface area (Å²) < 4.78 is 0. The van der Waals surface area contributed by atoms with Gasteiger partial charge in [-0.15, -0.1) is 10.2 Å². The van der Waals surface area contributed by atoms with E-state index in [-0.39, 0.29) is 0 Å². The lowest BCUT2D eigenvalue weighted by Crippen LogP contribution is -1.90. The van der Waals surface area contributed by atoms with Gasteiger partial charge in [-0.25, -0.2) is 0 Å². The summed E-state index contributed by atoms with van der Waals surface area (Å²) in [6, 6.07) is 22.7. The van der Waals surface area contributed by atoms with Crippen LogP contribution in [0.3, 0.4) is 0 Å². The van der Waals surface area contributed by atoms with Gasteiger partial charge in [0.1, 0.15) is 0 Å². The predicted molar refractivity (Wildman–Crippen MR) is 82.6 cm³/mol. The first kappa shape index (κ1) is 11.8. The molecule has 0 fully saturated rings. The number of fused-ring (bicyclic) bond motifs is 1. The number of hydrogen-bond donors (Lipinski definition) is 1. The number of nitrogens with zero attached hydrogens (tertiary/aromatic N) is 3. The van der Waals surface area contributed by atoms with Crippen molar-refractivity contribution in [3.8, 4) is 22.5 Å². The quantitative estimate of drug-likeness (QED) is 0.605. The van der Waals surface area contributed by atoms with Gasteiger partial charge in [0.25, 0.3) is 0 Å². The van der Waals surface area contributed by atoms with Crippen LogP contribution in [0, 0.1) is 0 Å². The van der Waals surface area contributed by atoms with E-state index in [2.05, 4.69) is 57.0 Å². The molecule has 0 atom stereocenters. The van der Waals surface area contributed by atoms with E-state index in [1.165, 1.54) is 0 Å². The first-order valence-corrected chi connectivity index (χ1v) is 6.74. The minimum Gasteiger partial charge on any atom is -0.177 e. The Morgan fingerprint density at radius 1 is 0.762 bits per heavy atom. The standard InChI is InChI=1S/C17H12N4/c1-2-6-12(7-3-1)15-11-10-13-8-4-5-9-14(13)16(15)17-18-20-21-19-17/h1-11H,(H,18,19,20,21). The molecule has 1 heterocycles. The van der Waals surface area contributed by atoms with Gasteiger partial charge in [0.15, 0.2) is 0 Å². The van der Waals surface area contributed by atoms with Gasteiger partial charge >= 0.3 is 0 Å². The van der Waals surface area contributed by atoms with Crippen LogP contribution in [-0.2, 0) is 0 Å². The highest BCUT2D eigenvalue weighted by molar-refractivity contribution is 6.02. The van der Waals surface area contributed by atoms with Crippen LogP contribution in [0.1, 0.15) is 0 Å². The fraction of sp³-hybridized carbons (Fsp3) is 0. The summed E-state index contributed by atoms with van der Waals surface area (Å²) in [6.07, 6.45) is 0. The molecule has 1 N–H and O–H groups in total. The number of H-pyrrole nitrogens is 1. The maximum Gasteiger partial charge on any atom is 0.205 e. The van der Waals surface area contributed by atoms with Crippen molar-refractivity contribution in [1.82, 2.24) is 20.6 Å². The molecule has 0 saturated carbocycles. The second kappa shape index (κ2) is 4.83. The average Bonchev–Trinajstić information content (AvgIpc) is 3.08. The van der Waals surface area contributed by atoms with Gasteiger partial charge in [0.2, 0.25) is 5.82 Å².